The Morgan fingerprint density at radius 3 is 2.67 bits per heavy atom. The number of carbonyl (C=O) groups is 1. The number of aromatic nitrogens is 1. The van der Waals surface area contributed by atoms with Crippen molar-refractivity contribution < 1.29 is 9.18 Å². The Morgan fingerprint density at radius 2 is 2.05 bits per heavy atom. The number of nitrogens with two attached hydrogens (primary N) is 1. The summed E-state index contributed by atoms with van der Waals surface area (Å²) in [5, 5.41) is 0. The van der Waals surface area contributed by atoms with Crippen LogP contribution in [-0.4, -0.2) is 24.0 Å². The lowest BCUT2D eigenvalue weighted by Gasteiger charge is -2.23. The van der Waals surface area contributed by atoms with Crippen molar-refractivity contribution in [3.05, 3.63) is 59.7 Å². The van der Waals surface area contributed by atoms with E-state index in [1.54, 1.807) is 30.3 Å². The molecule has 1 aromatic heterocycles. The number of pyridine rings is 1. The van der Waals surface area contributed by atoms with Crippen molar-refractivity contribution in [2.24, 2.45) is 5.73 Å². The average Bonchev–Trinajstić information content (AvgIpc) is 2.50. The number of halogens is 1. The van der Waals surface area contributed by atoms with Crippen LogP contribution < -0.4 is 10.6 Å². The predicted molar refractivity (Wildman–Crippen MR) is 80.7 cm³/mol. The molecule has 1 amide bonds. The zero-order chi connectivity index (χ0) is 15.2. The molecule has 21 heavy (non-hydrogen) atoms. The van der Waals surface area contributed by atoms with Crippen molar-refractivity contribution in [3.63, 3.8) is 0 Å². The van der Waals surface area contributed by atoms with Gasteiger partial charge in [0, 0.05) is 18.4 Å². The van der Waals surface area contributed by atoms with Crippen molar-refractivity contribution in [3.8, 4) is 0 Å². The summed E-state index contributed by atoms with van der Waals surface area (Å²) in [5.41, 5.74) is 7.02. The quantitative estimate of drug-likeness (QED) is 0.919. The normalized spacial score (nSPS) is 10.4. The summed E-state index contributed by atoms with van der Waals surface area (Å²) in [5.74, 6) is -0.705. The molecule has 4 nitrogen and oxygen atoms in total. The minimum Gasteiger partial charge on any atom is -0.330 e. The van der Waals surface area contributed by atoms with Gasteiger partial charge < -0.3 is 10.6 Å². The second kappa shape index (κ2) is 6.95. The molecule has 2 N–H and O–H groups in total. The molecular weight excluding hydrogens is 269 g/mol. The third-order valence-electron chi connectivity index (χ3n) is 3.13. The number of anilines is 1. The van der Waals surface area contributed by atoms with E-state index >= 15 is 0 Å². The monoisotopic (exact) mass is 287 g/mol. The van der Waals surface area contributed by atoms with Crippen molar-refractivity contribution in [1.29, 1.82) is 0 Å². The summed E-state index contributed by atoms with van der Waals surface area (Å²) >= 11 is 0. The second-order valence-electron chi connectivity index (χ2n) is 4.74. The molecule has 0 aliphatic heterocycles. The number of carbonyl (C=O) groups excluding carboxylic acids is 1. The highest BCUT2D eigenvalue weighted by Gasteiger charge is 2.20. The molecule has 0 saturated carbocycles. The SMILES string of the molecule is Cc1ccc(C(=O)N(CCCN)c2ccccc2F)cn1. The average molecular weight is 287 g/mol. The fourth-order valence-corrected chi connectivity index (χ4v) is 2.00. The molecule has 0 aliphatic rings. The maximum atomic E-state index is 14.0. The fourth-order valence-electron chi connectivity index (χ4n) is 2.00. The van der Waals surface area contributed by atoms with Gasteiger partial charge in [0.05, 0.1) is 11.3 Å². The van der Waals surface area contributed by atoms with E-state index in [0.29, 0.717) is 25.1 Å². The van der Waals surface area contributed by atoms with Crippen LogP contribution in [0.1, 0.15) is 22.5 Å². The topological polar surface area (TPSA) is 59.2 Å². The molecule has 110 valence electrons. The molecule has 0 bridgehead atoms. The molecule has 0 spiro atoms. The van der Waals surface area contributed by atoms with E-state index in [1.165, 1.54) is 17.2 Å². The Labute approximate surface area is 123 Å². The van der Waals surface area contributed by atoms with Gasteiger partial charge >= 0.3 is 0 Å². The van der Waals surface area contributed by atoms with Crippen LogP contribution in [-0.2, 0) is 0 Å². The largest absolute Gasteiger partial charge is 0.330 e. The van der Waals surface area contributed by atoms with Gasteiger partial charge in [-0.1, -0.05) is 12.1 Å². The zero-order valence-corrected chi connectivity index (χ0v) is 11.9. The van der Waals surface area contributed by atoms with E-state index in [1.807, 2.05) is 6.92 Å². The van der Waals surface area contributed by atoms with E-state index in [9.17, 15) is 9.18 Å². The lowest BCUT2D eigenvalue weighted by atomic mass is 10.2. The molecule has 0 fully saturated rings. The van der Waals surface area contributed by atoms with Gasteiger partial charge in [-0.3, -0.25) is 9.78 Å². The number of amides is 1. The third kappa shape index (κ3) is 3.64. The highest BCUT2D eigenvalue weighted by molar-refractivity contribution is 6.05. The Hall–Kier alpha value is -2.27. The zero-order valence-electron chi connectivity index (χ0n) is 11.9. The highest BCUT2D eigenvalue weighted by Crippen LogP contribution is 2.21. The van der Waals surface area contributed by atoms with Crippen LogP contribution in [0.2, 0.25) is 0 Å². The van der Waals surface area contributed by atoms with Crippen LogP contribution in [0, 0.1) is 12.7 Å². The maximum absolute atomic E-state index is 14.0. The Kier molecular flexibility index (Phi) is 5.00. The minimum atomic E-state index is -0.428. The predicted octanol–water partition coefficient (Wildman–Crippen LogP) is 2.52. The molecular formula is C16H18FN3O. The molecule has 0 radical (unpaired) electrons. The fraction of sp³-hybridized carbons (Fsp3) is 0.250. The Balaban J connectivity index is 2.33. The molecule has 1 aromatic carbocycles. The van der Waals surface area contributed by atoms with Crippen LogP contribution in [0.4, 0.5) is 10.1 Å². The first-order valence-corrected chi connectivity index (χ1v) is 6.82. The standard InChI is InChI=1S/C16H18FN3O/c1-12-7-8-13(11-19-12)16(21)20(10-4-9-18)15-6-3-2-5-14(15)17/h2-3,5-8,11H,4,9-10,18H2,1H3. The number of para-hydroxylation sites is 1. The first-order chi connectivity index (χ1) is 10.1. The molecule has 0 aliphatic carbocycles. The summed E-state index contributed by atoms with van der Waals surface area (Å²) in [6.07, 6.45) is 2.10. The molecule has 0 saturated heterocycles. The van der Waals surface area contributed by atoms with Crippen molar-refractivity contribution in [2.45, 2.75) is 13.3 Å². The van der Waals surface area contributed by atoms with Crippen molar-refractivity contribution in [1.82, 2.24) is 4.98 Å². The number of aryl methyl sites for hydroxylation is 1. The number of hydrogen-bond acceptors (Lipinski definition) is 3. The lowest BCUT2D eigenvalue weighted by Crippen LogP contribution is -2.33. The van der Waals surface area contributed by atoms with Gasteiger partial charge in [-0.15, -0.1) is 0 Å². The number of nitrogens with zero attached hydrogens (tertiary/aromatic N) is 2. The van der Waals surface area contributed by atoms with Gasteiger partial charge in [0.1, 0.15) is 5.82 Å². The van der Waals surface area contributed by atoms with Gasteiger partial charge in [-0.2, -0.15) is 0 Å². The van der Waals surface area contributed by atoms with Crippen molar-refractivity contribution >= 4 is 11.6 Å². The van der Waals surface area contributed by atoms with E-state index in [-0.39, 0.29) is 11.6 Å². The molecule has 2 aromatic rings. The first-order valence-electron chi connectivity index (χ1n) is 6.82. The van der Waals surface area contributed by atoms with E-state index in [0.717, 1.165) is 5.69 Å². The van der Waals surface area contributed by atoms with Gasteiger partial charge in [-0.25, -0.2) is 4.39 Å². The highest BCUT2D eigenvalue weighted by atomic mass is 19.1. The number of hydrogen-bond donors (Lipinski definition) is 1. The molecule has 5 heteroatoms. The van der Waals surface area contributed by atoms with Crippen molar-refractivity contribution in [2.75, 3.05) is 18.0 Å². The summed E-state index contributed by atoms with van der Waals surface area (Å²) < 4.78 is 14.0. The van der Waals surface area contributed by atoms with E-state index in [2.05, 4.69) is 4.98 Å². The van der Waals surface area contributed by atoms with Gasteiger partial charge in [0.15, 0.2) is 0 Å². The molecule has 0 atom stereocenters. The van der Waals surface area contributed by atoms with E-state index in [4.69, 9.17) is 5.73 Å². The van der Waals surface area contributed by atoms with Crippen LogP contribution in [0.15, 0.2) is 42.6 Å². The van der Waals surface area contributed by atoms with Gasteiger partial charge in [0.2, 0.25) is 0 Å². The number of rotatable bonds is 5. The second-order valence-corrected chi connectivity index (χ2v) is 4.74. The molecule has 2 rings (SSSR count). The summed E-state index contributed by atoms with van der Waals surface area (Å²) in [6.45, 7) is 2.64. The Morgan fingerprint density at radius 1 is 1.29 bits per heavy atom. The van der Waals surface area contributed by atoms with Gasteiger partial charge in [-0.05, 0) is 44.2 Å². The first kappa shape index (κ1) is 15.1. The summed E-state index contributed by atoms with van der Waals surface area (Å²) in [6, 6.07) is 9.68. The smallest absolute Gasteiger partial charge is 0.259 e. The molecule has 1 heterocycles. The van der Waals surface area contributed by atoms with Crippen LogP contribution in [0.25, 0.3) is 0 Å². The molecule has 0 unspecified atom stereocenters. The Bertz CT molecular complexity index is 613. The summed E-state index contributed by atoms with van der Waals surface area (Å²) in [7, 11) is 0. The van der Waals surface area contributed by atoms with Gasteiger partial charge in [0.25, 0.3) is 5.91 Å². The van der Waals surface area contributed by atoms with Crippen LogP contribution in [0.5, 0.6) is 0 Å². The minimum absolute atomic E-state index is 0.261. The summed E-state index contributed by atoms with van der Waals surface area (Å²) in [4.78, 5) is 18.1. The number of benzene rings is 1. The third-order valence-corrected chi connectivity index (χ3v) is 3.13. The van der Waals surface area contributed by atoms with E-state index < -0.39 is 5.82 Å². The van der Waals surface area contributed by atoms with Crippen LogP contribution in [0.3, 0.4) is 0 Å². The van der Waals surface area contributed by atoms with Crippen LogP contribution >= 0.6 is 0 Å². The maximum Gasteiger partial charge on any atom is 0.259 e. The lowest BCUT2D eigenvalue weighted by molar-refractivity contribution is 0.0985.